The first-order valence-electron chi connectivity index (χ1n) is 8.91. The van der Waals surface area contributed by atoms with Crippen molar-refractivity contribution in [3.8, 4) is 22.4 Å². The van der Waals surface area contributed by atoms with Gasteiger partial charge >= 0.3 is 0 Å². The maximum Gasteiger partial charge on any atom is 0.277 e. The molecule has 0 aliphatic carbocycles. The fraction of sp³-hybridized carbons (Fsp3) is 0.143. The lowest BCUT2D eigenvalue weighted by Crippen LogP contribution is -2.33. The van der Waals surface area contributed by atoms with E-state index in [0.717, 1.165) is 11.1 Å². The van der Waals surface area contributed by atoms with Gasteiger partial charge in [-0.25, -0.2) is 5.10 Å². The smallest absolute Gasteiger partial charge is 0.277 e. The third kappa shape index (κ3) is 4.32. The molecule has 2 aromatic carbocycles. The van der Waals surface area contributed by atoms with E-state index in [1.165, 1.54) is 0 Å². The van der Waals surface area contributed by atoms with E-state index in [0.29, 0.717) is 37.2 Å². The van der Waals surface area contributed by atoms with Crippen molar-refractivity contribution in [3.05, 3.63) is 76.6 Å². The maximum absolute atomic E-state index is 12.8. The molecule has 0 aliphatic rings. The highest BCUT2D eigenvalue weighted by Gasteiger charge is 2.22. The number of rotatable bonds is 8. The number of aromatic nitrogens is 2. The molecule has 7 heteroatoms. The van der Waals surface area contributed by atoms with Gasteiger partial charge in [0.15, 0.2) is 0 Å². The zero-order valence-electron chi connectivity index (χ0n) is 15.1. The van der Waals surface area contributed by atoms with Gasteiger partial charge in [0.1, 0.15) is 5.56 Å². The Morgan fingerprint density at radius 1 is 0.964 bits per heavy atom. The molecule has 1 heterocycles. The molecule has 3 aromatic rings. The first-order valence-corrected chi connectivity index (χ1v) is 8.91. The van der Waals surface area contributed by atoms with Crippen LogP contribution < -0.4 is 16.2 Å². The Hall–Kier alpha value is -3.74. The molecule has 0 fully saturated rings. The Morgan fingerprint density at radius 3 is 2.25 bits per heavy atom. The van der Waals surface area contributed by atoms with Gasteiger partial charge in [0.2, 0.25) is 6.41 Å². The van der Waals surface area contributed by atoms with Gasteiger partial charge in [0, 0.05) is 24.2 Å². The number of nitrogens with zero attached hydrogens (tertiary/aromatic N) is 1. The molecule has 142 valence electrons. The normalized spacial score (nSPS) is 10.3. The minimum atomic E-state index is -0.554. The number of hydrogen-bond donors (Lipinski definition) is 3. The highest BCUT2D eigenvalue weighted by atomic mass is 16.2. The van der Waals surface area contributed by atoms with Crippen molar-refractivity contribution in [3.63, 3.8) is 0 Å². The second-order valence-electron chi connectivity index (χ2n) is 6.06. The topological polar surface area (TPSA) is 104 Å². The van der Waals surface area contributed by atoms with E-state index >= 15 is 0 Å². The van der Waals surface area contributed by atoms with Crippen LogP contribution in [0.3, 0.4) is 0 Å². The number of aromatic amines is 1. The SMILES string of the molecule is O=CNCCCNC(=O)c1c(-c2ccccc2)c(-c2ccccc2)n[nH]c1=O. The van der Waals surface area contributed by atoms with E-state index in [-0.39, 0.29) is 5.56 Å². The average molecular weight is 376 g/mol. The van der Waals surface area contributed by atoms with Crippen LogP contribution in [-0.4, -0.2) is 35.6 Å². The molecule has 3 rings (SSSR count). The predicted molar refractivity (Wildman–Crippen MR) is 107 cm³/mol. The van der Waals surface area contributed by atoms with Gasteiger partial charge in [-0.15, -0.1) is 0 Å². The number of amides is 2. The van der Waals surface area contributed by atoms with Crippen molar-refractivity contribution in [2.24, 2.45) is 0 Å². The molecule has 0 unspecified atom stereocenters. The third-order valence-corrected chi connectivity index (χ3v) is 4.19. The molecular weight excluding hydrogens is 356 g/mol. The van der Waals surface area contributed by atoms with Crippen molar-refractivity contribution in [1.29, 1.82) is 0 Å². The van der Waals surface area contributed by atoms with E-state index in [9.17, 15) is 14.4 Å². The number of nitrogens with one attached hydrogen (secondary N) is 3. The van der Waals surface area contributed by atoms with Crippen molar-refractivity contribution in [2.45, 2.75) is 6.42 Å². The molecule has 3 N–H and O–H groups in total. The highest BCUT2D eigenvalue weighted by molar-refractivity contribution is 6.03. The first kappa shape index (κ1) is 19.0. The molecule has 0 radical (unpaired) electrons. The predicted octanol–water partition coefficient (Wildman–Crippen LogP) is 1.97. The summed E-state index contributed by atoms with van der Waals surface area (Å²) in [5.74, 6) is -0.481. The van der Waals surface area contributed by atoms with Crippen LogP contribution in [0, 0.1) is 0 Å². The second kappa shape index (κ2) is 9.27. The second-order valence-corrected chi connectivity index (χ2v) is 6.06. The summed E-state index contributed by atoms with van der Waals surface area (Å²) in [7, 11) is 0. The van der Waals surface area contributed by atoms with Crippen LogP contribution in [0.4, 0.5) is 0 Å². The van der Waals surface area contributed by atoms with Gasteiger partial charge in [-0.3, -0.25) is 14.4 Å². The van der Waals surface area contributed by atoms with Gasteiger partial charge in [0.25, 0.3) is 11.5 Å². The standard InChI is InChI=1S/C21H20N4O3/c26-14-22-12-7-13-23-20(27)18-17(15-8-3-1-4-9-15)19(24-25-21(18)28)16-10-5-2-6-11-16/h1-6,8-11,14H,7,12-13H2,(H,22,26)(H,23,27)(H,25,28). The van der Waals surface area contributed by atoms with Crippen LogP contribution in [0.2, 0.25) is 0 Å². The zero-order valence-corrected chi connectivity index (χ0v) is 15.1. The van der Waals surface area contributed by atoms with Gasteiger partial charge in [-0.2, -0.15) is 5.10 Å². The summed E-state index contributed by atoms with van der Waals surface area (Å²) in [6.45, 7) is 0.771. The summed E-state index contributed by atoms with van der Waals surface area (Å²) >= 11 is 0. The zero-order chi connectivity index (χ0) is 19.8. The lowest BCUT2D eigenvalue weighted by atomic mass is 9.95. The fourth-order valence-corrected chi connectivity index (χ4v) is 2.90. The summed E-state index contributed by atoms with van der Waals surface area (Å²) in [6.07, 6.45) is 1.16. The van der Waals surface area contributed by atoms with E-state index in [4.69, 9.17) is 0 Å². The van der Waals surface area contributed by atoms with Crippen LogP contribution >= 0.6 is 0 Å². The monoisotopic (exact) mass is 376 g/mol. The fourth-order valence-electron chi connectivity index (χ4n) is 2.90. The molecule has 0 saturated carbocycles. The van der Waals surface area contributed by atoms with E-state index in [1.807, 2.05) is 60.7 Å². The van der Waals surface area contributed by atoms with Crippen molar-refractivity contribution >= 4 is 12.3 Å². The molecule has 0 atom stereocenters. The third-order valence-electron chi connectivity index (χ3n) is 4.19. The maximum atomic E-state index is 12.8. The number of carbonyl (C=O) groups is 2. The highest BCUT2D eigenvalue weighted by Crippen LogP contribution is 2.31. The number of hydrogen-bond acceptors (Lipinski definition) is 4. The van der Waals surface area contributed by atoms with Gasteiger partial charge in [-0.1, -0.05) is 60.7 Å². The Bertz CT molecular complexity index is 1000. The number of benzene rings is 2. The minimum absolute atomic E-state index is 0.0170. The van der Waals surface area contributed by atoms with Crippen molar-refractivity contribution < 1.29 is 9.59 Å². The Balaban J connectivity index is 2.05. The van der Waals surface area contributed by atoms with E-state index in [2.05, 4.69) is 20.8 Å². The van der Waals surface area contributed by atoms with Gasteiger partial charge in [-0.05, 0) is 12.0 Å². The summed E-state index contributed by atoms with van der Waals surface area (Å²) in [4.78, 5) is 35.7. The molecule has 0 bridgehead atoms. The molecule has 0 saturated heterocycles. The Labute approximate surface area is 161 Å². The summed E-state index contributed by atoms with van der Waals surface area (Å²) in [6, 6.07) is 18.6. The minimum Gasteiger partial charge on any atom is -0.359 e. The quantitative estimate of drug-likeness (QED) is 0.413. The van der Waals surface area contributed by atoms with Crippen LogP contribution in [-0.2, 0) is 4.79 Å². The van der Waals surface area contributed by atoms with E-state index < -0.39 is 11.5 Å². The first-order chi connectivity index (χ1) is 13.7. The molecular formula is C21H20N4O3. The Morgan fingerprint density at radius 2 is 1.61 bits per heavy atom. The van der Waals surface area contributed by atoms with Gasteiger partial charge in [0.05, 0.1) is 5.69 Å². The van der Waals surface area contributed by atoms with Gasteiger partial charge < -0.3 is 10.6 Å². The lowest BCUT2D eigenvalue weighted by Gasteiger charge is -2.14. The van der Waals surface area contributed by atoms with Crippen LogP contribution in [0.25, 0.3) is 22.4 Å². The van der Waals surface area contributed by atoms with E-state index in [1.54, 1.807) is 0 Å². The largest absolute Gasteiger partial charge is 0.359 e. The molecule has 0 spiro atoms. The molecule has 0 aliphatic heterocycles. The average Bonchev–Trinajstić information content (AvgIpc) is 2.74. The van der Waals surface area contributed by atoms with Crippen molar-refractivity contribution in [1.82, 2.24) is 20.8 Å². The summed E-state index contributed by atoms with van der Waals surface area (Å²) < 4.78 is 0. The van der Waals surface area contributed by atoms with Crippen LogP contribution in [0.15, 0.2) is 65.5 Å². The van der Waals surface area contributed by atoms with Crippen molar-refractivity contribution in [2.75, 3.05) is 13.1 Å². The molecule has 7 nitrogen and oxygen atoms in total. The van der Waals surface area contributed by atoms with Crippen LogP contribution in [0.5, 0.6) is 0 Å². The lowest BCUT2D eigenvalue weighted by molar-refractivity contribution is -0.109. The Kier molecular flexibility index (Phi) is 6.30. The molecule has 28 heavy (non-hydrogen) atoms. The number of H-pyrrole nitrogens is 1. The van der Waals surface area contributed by atoms with Crippen LogP contribution in [0.1, 0.15) is 16.8 Å². The summed E-state index contributed by atoms with van der Waals surface area (Å²) in [5, 5.41) is 11.9. The molecule has 2 amide bonds. The number of carbonyl (C=O) groups excluding carboxylic acids is 2. The summed E-state index contributed by atoms with van der Waals surface area (Å²) in [5.41, 5.74) is 2.00. The molecule has 1 aromatic heterocycles.